The van der Waals surface area contributed by atoms with Gasteiger partial charge in [-0.3, -0.25) is 14.7 Å². The molecule has 2 aromatic rings. The van der Waals surface area contributed by atoms with Crippen molar-refractivity contribution in [2.24, 2.45) is 5.92 Å². The fourth-order valence-electron chi connectivity index (χ4n) is 5.50. The Kier molecular flexibility index (Phi) is 10.0. The van der Waals surface area contributed by atoms with Crippen LogP contribution in [-0.4, -0.2) is 99.4 Å². The minimum absolute atomic E-state index is 0.123. The molecule has 3 heterocycles. The molecule has 38 heavy (non-hydrogen) atoms. The average molecular weight is 545 g/mol. The number of nitrogens with one attached hydrogen (secondary N) is 2. The Bertz CT molecular complexity index is 1030. The van der Waals surface area contributed by atoms with Gasteiger partial charge in [0.1, 0.15) is 29.9 Å². The van der Waals surface area contributed by atoms with Gasteiger partial charge in [0.15, 0.2) is 0 Å². The minimum Gasteiger partial charge on any atom is -0.388 e. The molecule has 5 N–H and O–H groups in total. The molecule has 208 valence electrons. The summed E-state index contributed by atoms with van der Waals surface area (Å²) in [5.74, 6) is 0.354. The molecule has 0 bridgehead atoms. The molecule has 2 aliphatic rings. The van der Waals surface area contributed by atoms with E-state index >= 15 is 0 Å². The molecule has 10 heteroatoms. The molecule has 0 spiro atoms. The first-order chi connectivity index (χ1) is 18.3. The summed E-state index contributed by atoms with van der Waals surface area (Å²) >= 11 is 1.26. The lowest BCUT2D eigenvalue weighted by molar-refractivity contribution is -0.204. The Labute approximate surface area is 229 Å². The Morgan fingerprint density at radius 3 is 2.58 bits per heavy atom. The number of hydrogen-bond acceptors (Lipinski definition) is 9. The summed E-state index contributed by atoms with van der Waals surface area (Å²) in [4.78, 5) is 19.7. The van der Waals surface area contributed by atoms with Crippen LogP contribution >= 0.6 is 11.8 Å². The molecule has 9 nitrogen and oxygen atoms in total. The molecule has 1 aromatic carbocycles. The zero-order valence-electron chi connectivity index (χ0n) is 22.2. The second kappa shape index (κ2) is 13.2. The van der Waals surface area contributed by atoms with Gasteiger partial charge in [-0.05, 0) is 61.4 Å². The number of aromatic nitrogens is 1. The van der Waals surface area contributed by atoms with Crippen LogP contribution < -0.4 is 10.6 Å². The number of aliphatic hydroxyl groups is 3. The normalized spacial score (nSPS) is 30.6. The highest BCUT2D eigenvalue weighted by atomic mass is 32.2. The van der Waals surface area contributed by atoms with E-state index in [-0.39, 0.29) is 18.5 Å². The van der Waals surface area contributed by atoms with E-state index in [4.69, 9.17) is 4.74 Å². The lowest BCUT2D eigenvalue weighted by Gasteiger charge is -2.43. The van der Waals surface area contributed by atoms with E-state index in [2.05, 4.69) is 27.4 Å². The molecular weight excluding hydrogens is 504 g/mol. The van der Waals surface area contributed by atoms with Crippen LogP contribution in [0.5, 0.6) is 0 Å². The number of likely N-dealkylation sites (tertiary alicyclic amines) is 1. The van der Waals surface area contributed by atoms with E-state index in [1.165, 1.54) is 11.8 Å². The fourth-order valence-corrected chi connectivity index (χ4v) is 6.18. The molecular formula is C28H40N4O5S. The zero-order chi connectivity index (χ0) is 27.2. The summed E-state index contributed by atoms with van der Waals surface area (Å²) in [7, 11) is 1.97. The highest BCUT2D eigenvalue weighted by molar-refractivity contribution is 7.99. The van der Waals surface area contributed by atoms with Crippen LogP contribution in [0.1, 0.15) is 26.2 Å². The Balaban J connectivity index is 1.49. The number of likely N-dealkylation sites (N-methyl/N-ethyl adjacent to an activating group) is 1. The molecule has 0 aliphatic carbocycles. The molecule has 2 saturated heterocycles. The van der Waals surface area contributed by atoms with Crippen LogP contribution in [0, 0.1) is 5.92 Å². The summed E-state index contributed by atoms with van der Waals surface area (Å²) in [6.45, 7) is 3.29. The maximum Gasteiger partial charge on any atom is 0.237 e. The van der Waals surface area contributed by atoms with Crippen LogP contribution in [-0.2, 0) is 9.53 Å². The predicted octanol–water partition coefficient (Wildman–Crippen LogP) is 1.94. The molecule has 2 aliphatic heterocycles. The molecule has 2 fully saturated rings. The van der Waals surface area contributed by atoms with E-state index in [1.54, 1.807) is 12.5 Å². The number of benzene rings is 1. The van der Waals surface area contributed by atoms with Gasteiger partial charge in [0.2, 0.25) is 5.91 Å². The summed E-state index contributed by atoms with van der Waals surface area (Å²) in [6.07, 6.45) is 3.39. The van der Waals surface area contributed by atoms with Crippen molar-refractivity contribution in [1.29, 1.82) is 0 Å². The van der Waals surface area contributed by atoms with Crippen LogP contribution in [0.15, 0.2) is 48.8 Å². The quantitative estimate of drug-likeness (QED) is 0.305. The first-order valence-corrected chi connectivity index (χ1v) is 14.6. The number of carbonyl (C=O) groups is 1. The topological polar surface area (TPSA) is 127 Å². The SMILES string of the molecule is CCC[C@@H]1C[C@@H](C(=O)N[C@H](CNc2ccc(-c3cccnc3)cc2)[C@H]2OC(SC)[C@H](O)C(O)C2O)N(C)C1. The third-order valence-electron chi connectivity index (χ3n) is 7.60. The first-order valence-electron chi connectivity index (χ1n) is 13.3. The van der Waals surface area contributed by atoms with Crippen molar-refractivity contribution < 1.29 is 24.9 Å². The van der Waals surface area contributed by atoms with Crippen LogP contribution in [0.3, 0.4) is 0 Å². The van der Waals surface area contributed by atoms with E-state index in [0.717, 1.165) is 42.6 Å². The number of nitrogens with zero attached hydrogens (tertiary/aromatic N) is 2. The van der Waals surface area contributed by atoms with Crippen molar-refractivity contribution in [3.63, 3.8) is 0 Å². The van der Waals surface area contributed by atoms with Crippen LogP contribution in [0.25, 0.3) is 11.1 Å². The smallest absolute Gasteiger partial charge is 0.237 e. The number of carbonyl (C=O) groups excluding carboxylic acids is 1. The van der Waals surface area contributed by atoms with E-state index in [9.17, 15) is 20.1 Å². The Morgan fingerprint density at radius 1 is 1.16 bits per heavy atom. The molecule has 0 radical (unpaired) electrons. The molecule has 8 atom stereocenters. The van der Waals surface area contributed by atoms with Crippen LogP contribution in [0.4, 0.5) is 5.69 Å². The zero-order valence-corrected chi connectivity index (χ0v) is 23.1. The number of rotatable bonds is 10. The molecule has 4 rings (SSSR count). The number of amides is 1. The van der Waals surface area contributed by atoms with Gasteiger partial charge in [-0.2, -0.15) is 0 Å². The molecule has 0 saturated carbocycles. The third-order valence-corrected chi connectivity index (χ3v) is 8.46. The van der Waals surface area contributed by atoms with Crippen molar-refractivity contribution in [2.75, 3.05) is 31.7 Å². The monoisotopic (exact) mass is 544 g/mol. The fraction of sp³-hybridized carbons (Fsp3) is 0.571. The number of hydrogen-bond donors (Lipinski definition) is 5. The third kappa shape index (κ3) is 6.67. The molecule has 1 aromatic heterocycles. The highest BCUT2D eigenvalue weighted by Crippen LogP contribution is 2.30. The Morgan fingerprint density at radius 2 is 1.92 bits per heavy atom. The van der Waals surface area contributed by atoms with Crippen molar-refractivity contribution in [3.05, 3.63) is 48.8 Å². The van der Waals surface area contributed by atoms with Gasteiger partial charge in [-0.15, -0.1) is 11.8 Å². The van der Waals surface area contributed by atoms with Gasteiger partial charge in [-0.1, -0.05) is 31.5 Å². The van der Waals surface area contributed by atoms with Gasteiger partial charge in [-0.25, -0.2) is 0 Å². The number of aliphatic hydroxyl groups excluding tert-OH is 3. The number of ether oxygens (including phenoxy) is 1. The summed E-state index contributed by atoms with van der Waals surface area (Å²) < 4.78 is 6.04. The average Bonchev–Trinajstić information content (AvgIpc) is 3.31. The minimum atomic E-state index is -1.38. The van der Waals surface area contributed by atoms with Crippen molar-refractivity contribution in [3.8, 4) is 11.1 Å². The second-order valence-electron chi connectivity index (χ2n) is 10.3. The summed E-state index contributed by atoms with van der Waals surface area (Å²) in [6, 6.07) is 10.9. The van der Waals surface area contributed by atoms with Gasteiger partial charge in [0, 0.05) is 31.2 Å². The van der Waals surface area contributed by atoms with Crippen molar-refractivity contribution in [1.82, 2.24) is 15.2 Å². The van der Waals surface area contributed by atoms with Gasteiger partial charge in [0.25, 0.3) is 0 Å². The molecule has 3 unspecified atom stereocenters. The summed E-state index contributed by atoms with van der Waals surface area (Å²) in [5, 5.41) is 38.2. The van der Waals surface area contributed by atoms with E-state index in [0.29, 0.717) is 5.92 Å². The highest BCUT2D eigenvalue weighted by Gasteiger charge is 2.47. The lowest BCUT2D eigenvalue weighted by atomic mass is 9.94. The molecule has 1 amide bonds. The standard InChI is InChI=1S/C28H40N4O5S/c1-4-6-17-13-22(32(2)16-17)27(36)31-21(26-24(34)23(33)25(35)28(37-26)38-3)15-30-20-10-8-18(9-11-20)19-7-5-12-29-14-19/h5,7-12,14,17,21-26,28,30,33-35H,4,6,13,15-16H2,1-3H3,(H,31,36)/t17-,21-,22+,23?,24?,25-,26-,28?/m1/s1. The maximum atomic E-state index is 13.4. The van der Waals surface area contributed by atoms with Gasteiger partial charge < -0.3 is 30.7 Å². The van der Waals surface area contributed by atoms with Gasteiger partial charge >= 0.3 is 0 Å². The lowest BCUT2D eigenvalue weighted by Crippen LogP contribution is -2.64. The predicted molar refractivity (Wildman–Crippen MR) is 150 cm³/mol. The summed E-state index contributed by atoms with van der Waals surface area (Å²) in [5.41, 5.74) is 2.16. The van der Waals surface area contributed by atoms with Gasteiger partial charge in [0.05, 0.1) is 12.1 Å². The largest absolute Gasteiger partial charge is 0.388 e. The van der Waals surface area contributed by atoms with Crippen LogP contribution in [0.2, 0.25) is 0 Å². The Hall–Kier alpha value is -2.21. The van der Waals surface area contributed by atoms with E-state index in [1.807, 2.05) is 49.6 Å². The maximum absolute atomic E-state index is 13.4. The van der Waals surface area contributed by atoms with E-state index < -0.39 is 35.9 Å². The number of anilines is 1. The van der Waals surface area contributed by atoms with Crippen molar-refractivity contribution in [2.45, 2.75) is 68.1 Å². The second-order valence-corrected chi connectivity index (χ2v) is 11.3. The number of pyridine rings is 1. The van der Waals surface area contributed by atoms with Crippen molar-refractivity contribution >= 4 is 23.4 Å². The number of thioether (sulfide) groups is 1. The first kappa shape index (κ1) is 28.8.